The molecule has 0 saturated carbocycles. The van der Waals surface area contributed by atoms with Gasteiger partial charge in [0.2, 0.25) is 0 Å². The van der Waals surface area contributed by atoms with Gasteiger partial charge in [-0.2, -0.15) is 0 Å². The molecule has 1 rings (SSSR count). The number of hydrogen-bond donors (Lipinski definition) is 1. The Labute approximate surface area is 86.7 Å². The van der Waals surface area contributed by atoms with Gasteiger partial charge in [0.1, 0.15) is 11.6 Å². The summed E-state index contributed by atoms with van der Waals surface area (Å²) in [5.74, 6) is -0.198. The van der Waals surface area contributed by atoms with Crippen molar-refractivity contribution in [2.24, 2.45) is 5.73 Å². The van der Waals surface area contributed by atoms with Crippen LogP contribution in [0.15, 0.2) is 23.1 Å². The van der Waals surface area contributed by atoms with Crippen LogP contribution < -0.4 is 5.73 Å². The number of nitrogens with two attached hydrogens (primary N) is 1. The maximum atomic E-state index is 13.1. The minimum atomic E-state index is -0.534. The van der Waals surface area contributed by atoms with E-state index in [1.54, 1.807) is 0 Å². The van der Waals surface area contributed by atoms with E-state index in [2.05, 4.69) is 0 Å². The Kier molecular flexibility index (Phi) is 4.90. The van der Waals surface area contributed by atoms with E-state index >= 15 is 0 Å². The van der Waals surface area contributed by atoms with Gasteiger partial charge < -0.3 is 5.73 Å². The van der Waals surface area contributed by atoms with E-state index in [0.717, 1.165) is 24.7 Å². The molecule has 0 fully saturated rings. The van der Waals surface area contributed by atoms with Crippen molar-refractivity contribution in [2.45, 2.75) is 17.7 Å². The molecule has 0 aromatic heterocycles. The number of thioether (sulfide) groups is 1. The molecule has 1 aromatic carbocycles. The molecule has 0 unspecified atom stereocenters. The molecule has 0 saturated heterocycles. The highest BCUT2D eigenvalue weighted by molar-refractivity contribution is 7.99. The first-order valence-electron chi connectivity index (χ1n) is 4.52. The Morgan fingerprint density at radius 2 is 2.00 bits per heavy atom. The van der Waals surface area contributed by atoms with Gasteiger partial charge in [0.25, 0.3) is 0 Å². The van der Waals surface area contributed by atoms with Crippen molar-refractivity contribution in [1.82, 2.24) is 0 Å². The number of halogens is 2. The van der Waals surface area contributed by atoms with E-state index in [0.29, 0.717) is 11.4 Å². The molecule has 2 N–H and O–H groups in total. The van der Waals surface area contributed by atoms with Crippen LogP contribution in [-0.4, -0.2) is 12.3 Å². The summed E-state index contributed by atoms with van der Waals surface area (Å²) in [6.07, 6.45) is 1.90. The zero-order valence-corrected chi connectivity index (χ0v) is 8.62. The first kappa shape index (κ1) is 11.5. The van der Waals surface area contributed by atoms with Gasteiger partial charge >= 0.3 is 0 Å². The number of hydrogen-bond acceptors (Lipinski definition) is 2. The van der Waals surface area contributed by atoms with Crippen molar-refractivity contribution in [3.05, 3.63) is 29.8 Å². The normalized spacial score (nSPS) is 10.5. The highest BCUT2D eigenvalue weighted by atomic mass is 32.2. The molecular formula is C10H13F2NS. The molecule has 0 radical (unpaired) electrons. The Morgan fingerprint density at radius 1 is 1.21 bits per heavy atom. The summed E-state index contributed by atoms with van der Waals surface area (Å²) in [5, 5.41) is 0. The zero-order chi connectivity index (χ0) is 10.4. The second kappa shape index (κ2) is 5.98. The molecule has 1 aromatic rings. The Bertz CT molecular complexity index is 291. The van der Waals surface area contributed by atoms with Crippen molar-refractivity contribution in [1.29, 1.82) is 0 Å². The van der Waals surface area contributed by atoms with Crippen LogP contribution in [0.5, 0.6) is 0 Å². The third-order valence-corrected chi connectivity index (χ3v) is 2.88. The summed E-state index contributed by atoms with van der Waals surface area (Å²) in [5.41, 5.74) is 5.32. The molecule has 0 aliphatic rings. The molecule has 0 bridgehead atoms. The highest BCUT2D eigenvalue weighted by Crippen LogP contribution is 2.23. The summed E-state index contributed by atoms with van der Waals surface area (Å²) in [6, 6.07) is 3.65. The number of benzene rings is 1. The molecular weight excluding hydrogens is 204 g/mol. The Hall–Kier alpha value is -0.610. The van der Waals surface area contributed by atoms with E-state index in [1.807, 2.05) is 0 Å². The monoisotopic (exact) mass is 217 g/mol. The lowest BCUT2D eigenvalue weighted by molar-refractivity contribution is 0.565. The standard InChI is InChI=1S/C10H13F2NS/c11-8-3-4-10(9(12)7-8)14-6-2-1-5-13/h3-4,7H,1-2,5-6,13H2. The SMILES string of the molecule is NCCCCSc1ccc(F)cc1F. The van der Waals surface area contributed by atoms with Crippen LogP contribution in [0.4, 0.5) is 8.78 Å². The Balaban J connectivity index is 2.42. The fraction of sp³-hybridized carbons (Fsp3) is 0.400. The van der Waals surface area contributed by atoms with Crippen LogP contribution in [0.25, 0.3) is 0 Å². The second-order valence-corrected chi connectivity index (χ2v) is 4.06. The Morgan fingerprint density at radius 3 is 2.64 bits per heavy atom. The summed E-state index contributed by atoms with van der Waals surface area (Å²) in [6.45, 7) is 0.659. The summed E-state index contributed by atoms with van der Waals surface area (Å²) >= 11 is 1.40. The molecule has 78 valence electrons. The smallest absolute Gasteiger partial charge is 0.139 e. The van der Waals surface area contributed by atoms with Gasteiger partial charge in [-0.05, 0) is 37.3 Å². The molecule has 0 heterocycles. The van der Waals surface area contributed by atoms with Crippen molar-refractivity contribution in [3.8, 4) is 0 Å². The van der Waals surface area contributed by atoms with Crippen LogP contribution in [0.3, 0.4) is 0 Å². The third-order valence-electron chi connectivity index (χ3n) is 1.75. The van der Waals surface area contributed by atoms with Gasteiger partial charge in [0, 0.05) is 11.0 Å². The summed E-state index contributed by atoms with van der Waals surface area (Å²) in [4.78, 5) is 0.503. The molecule has 4 heteroatoms. The molecule has 0 aliphatic heterocycles. The van der Waals surface area contributed by atoms with Crippen LogP contribution >= 0.6 is 11.8 Å². The number of rotatable bonds is 5. The molecule has 0 aliphatic carbocycles. The first-order valence-corrected chi connectivity index (χ1v) is 5.50. The highest BCUT2D eigenvalue weighted by Gasteiger charge is 2.03. The quantitative estimate of drug-likeness (QED) is 0.606. The van der Waals surface area contributed by atoms with Gasteiger partial charge in [0.15, 0.2) is 0 Å². The van der Waals surface area contributed by atoms with Gasteiger partial charge in [-0.15, -0.1) is 11.8 Å². The minimum Gasteiger partial charge on any atom is -0.330 e. The van der Waals surface area contributed by atoms with Crippen LogP contribution in [-0.2, 0) is 0 Å². The van der Waals surface area contributed by atoms with Gasteiger partial charge in [-0.25, -0.2) is 8.78 Å². The van der Waals surface area contributed by atoms with E-state index in [4.69, 9.17) is 5.73 Å². The largest absolute Gasteiger partial charge is 0.330 e. The zero-order valence-electron chi connectivity index (χ0n) is 7.80. The average molecular weight is 217 g/mol. The van der Waals surface area contributed by atoms with Gasteiger partial charge in [-0.3, -0.25) is 0 Å². The van der Waals surface area contributed by atoms with Crippen molar-refractivity contribution >= 4 is 11.8 Å². The number of unbranched alkanes of at least 4 members (excludes halogenated alkanes) is 1. The fourth-order valence-electron chi connectivity index (χ4n) is 1.02. The van der Waals surface area contributed by atoms with E-state index in [-0.39, 0.29) is 0 Å². The minimum absolute atomic E-state index is 0.484. The van der Waals surface area contributed by atoms with Gasteiger partial charge in [0.05, 0.1) is 0 Å². The van der Waals surface area contributed by atoms with Crippen molar-refractivity contribution in [3.63, 3.8) is 0 Å². The predicted octanol–water partition coefficient (Wildman–Crippen LogP) is 2.80. The fourth-order valence-corrected chi connectivity index (χ4v) is 1.95. The molecule has 0 spiro atoms. The van der Waals surface area contributed by atoms with Crippen LogP contribution in [0, 0.1) is 11.6 Å². The summed E-state index contributed by atoms with van der Waals surface area (Å²) in [7, 11) is 0. The molecule has 14 heavy (non-hydrogen) atoms. The molecule has 0 amide bonds. The first-order chi connectivity index (χ1) is 6.74. The molecule has 0 atom stereocenters. The lowest BCUT2D eigenvalue weighted by Gasteiger charge is -2.02. The van der Waals surface area contributed by atoms with E-state index in [9.17, 15) is 8.78 Å². The van der Waals surface area contributed by atoms with Crippen LogP contribution in [0.2, 0.25) is 0 Å². The van der Waals surface area contributed by atoms with E-state index in [1.165, 1.54) is 23.9 Å². The van der Waals surface area contributed by atoms with Crippen molar-refractivity contribution in [2.75, 3.05) is 12.3 Å². The lowest BCUT2D eigenvalue weighted by Crippen LogP contribution is -1.98. The second-order valence-electron chi connectivity index (χ2n) is 2.92. The third kappa shape index (κ3) is 3.64. The predicted molar refractivity (Wildman–Crippen MR) is 55.4 cm³/mol. The average Bonchev–Trinajstić information content (AvgIpc) is 2.15. The maximum absolute atomic E-state index is 13.1. The van der Waals surface area contributed by atoms with Crippen LogP contribution in [0.1, 0.15) is 12.8 Å². The summed E-state index contributed by atoms with van der Waals surface area (Å²) < 4.78 is 25.6. The van der Waals surface area contributed by atoms with Gasteiger partial charge in [-0.1, -0.05) is 0 Å². The van der Waals surface area contributed by atoms with Crippen molar-refractivity contribution < 1.29 is 8.78 Å². The topological polar surface area (TPSA) is 26.0 Å². The maximum Gasteiger partial charge on any atom is 0.139 e. The lowest BCUT2D eigenvalue weighted by atomic mass is 10.3. The van der Waals surface area contributed by atoms with E-state index < -0.39 is 11.6 Å². The molecule has 1 nitrogen and oxygen atoms in total.